The smallest absolute Gasteiger partial charge is 0.323 e. The lowest BCUT2D eigenvalue weighted by atomic mass is 10.1. The van der Waals surface area contributed by atoms with Gasteiger partial charge in [0.2, 0.25) is 0 Å². The highest BCUT2D eigenvalue weighted by Crippen LogP contribution is 2.36. The Morgan fingerprint density at radius 2 is 1.93 bits per heavy atom. The third-order valence-electron chi connectivity index (χ3n) is 4.43. The normalized spacial score (nSPS) is 15.1. The summed E-state index contributed by atoms with van der Waals surface area (Å²) in [5.41, 5.74) is 0.821. The summed E-state index contributed by atoms with van der Waals surface area (Å²) in [5, 5.41) is 5.34. The molecule has 0 bridgehead atoms. The fraction of sp³-hybridized carbons (Fsp3) is 0.222. The van der Waals surface area contributed by atoms with E-state index in [9.17, 15) is 22.4 Å². The van der Waals surface area contributed by atoms with Gasteiger partial charge in [0.1, 0.15) is 0 Å². The van der Waals surface area contributed by atoms with Crippen LogP contribution in [0.25, 0.3) is 10.9 Å². The Hall–Kier alpha value is -3.50. The van der Waals surface area contributed by atoms with E-state index in [1.165, 1.54) is 30.5 Å². The molecule has 1 fully saturated rings. The highest BCUT2D eigenvalue weighted by molar-refractivity contribution is 6.06. The molecule has 0 aliphatic carbocycles. The van der Waals surface area contributed by atoms with Gasteiger partial charge in [-0.2, -0.15) is 0 Å². The quantitative estimate of drug-likeness (QED) is 0.570. The summed E-state index contributed by atoms with van der Waals surface area (Å²) in [6.45, 7) is -0.914. The van der Waals surface area contributed by atoms with Gasteiger partial charge in [0.05, 0.1) is 43.3 Å². The molecule has 3 N–H and O–H groups in total. The number of halogens is 4. The standard InChI is InChI=1S/C18H15F4N5O2/c1-29-15-2-9(5-24-16(15)27-7-18(21,22)8-27)25-17(28)26-14-6-23-13-4-12(20)11(19)3-10(13)14/h2-6,23H,7-8H2,1H3,(H2,25,26,28). The van der Waals surface area contributed by atoms with E-state index in [4.69, 9.17) is 4.74 Å². The monoisotopic (exact) mass is 409 g/mol. The second-order valence-corrected chi connectivity index (χ2v) is 6.56. The van der Waals surface area contributed by atoms with E-state index in [-0.39, 0.29) is 22.9 Å². The summed E-state index contributed by atoms with van der Waals surface area (Å²) in [7, 11) is 1.36. The zero-order chi connectivity index (χ0) is 20.8. The molecule has 2 aromatic heterocycles. The average Bonchev–Trinajstić information content (AvgIpc) is 3.01. The first-order valence-electron chi connectivity index (χ1n) is 8.47. The SMILES string of the molecule is COc1cc(NC(=O)Nc2c[nH]c3cc(F)c(F)cc23)cnc1N1CC(F)(F)C1. The molecule has 29 heavy (non-hydrogen) atoms. The number of ether oxygens (including phenoxy) is 1. The number of fused-ring (bicyclic) bond motifs is 1. The minimum atomic E-state index is -2.76. The molecular weight excluding hydrogens is 394 g/mol. The molecule has 3 aromatic rings. The summed E-state index contributed by atoms with van der Waals surface area (Å²) in [5.74, 6) is -4.33. The molecule has 1 aromatic carbocycles. The third kappa shape index (κ3) is 3.62. The molecule has 4 rings (SSSR count). The Morgan fingerprint density at radius 3 is 2.62 bits per heavy atom. The zero-order valence-electron chi connectivity index (χ0n) is 15.0. The van der Waals surface area contributed by atoms with Gasteiger partial charge < -0.3 is 25.3 Å². The molecule has 152 valence electrons. The Bertz CT molecular complexity index is 1090. The Kier molecular flexibility index (Phi) is 4.44. The van der Waals surface area contributed by atoms with Crippen molar-refractivity contribution in [3.05, 3.63) is 42.2 Å². The highest BCUT2D eigenvalue weighted by atomic mass is 19.3. The van der Waals surface area contributed by atoms with Crippen LogP contribution in [-0.2, 0) is 0 Å². The third-order valence-corrected chi connectivity index (χ3v) is 4.43. The fourth-order valence-electron chi connectivity index (χ4n) is 3.06. The van der Waals surface area contributed by atoms with Gasteiger partial charge in [-0.1, -0.05) is 0 Å². The number of urea groups is 1. The molecule has 0 atom stereocenters. The first-order valence-corrected chi connectivity index (χ1v) is 8.47. The summed E-state index contributed by atoms with van der Waals surface area (Å²) in [6.07, 6.45) is 2.70. The van der Waals surface area contributed by atoms with Gasteiger partial charge in [-0.25, -0.2) is 27.3 Å². The number of alkyl halides is 2. The first-order chi connectivity index (χ1) is 13.8. The zero-order valence-corrected chi connectivity index (χ0v) is 15.0. The maximum atomic E-state index is 13.5. The van der Waals surface area contributed by atoms with E-state index in [2.05, 4.69) is 20.6 Å². The van der Waals surface area contributed by atoms with Crippen molar-refractivity contribution >= 4 is 34.1 Å². The lowest BCUT2D eigenvalue weighted by molar-refractivity contribution is -0.0268. The van der Waals surface area contributed by atoms with Gasteiger partial charge in [-0.3, -0.25) is 0 Å². The molecule has 1 saturated heterocycles. The summed E-state index contributed by atoms with van der Waals surface area (Å²) >= 11 is 0. The van der Waals surface area contributed by atoms with Gasteiger partial charge in [-0.15, -0.1) is 0 Å². The number of aromatic amines is 1. The van der Waals surface area contributed by atoms with Gasteiger partial charge in [0.15, 0.2) is 23.2 Å². The molecule has 3 heterocycles. The number of H-pyrrole nitrogens is 1. The Balaban J connectivity index is 1.48. The Morgan fingerprint density at radius 1 is 1.21 bits per heavy atom. The number of nitrogens with one attached hydrogen (secondary N) is 3. The topological polar surface area (TPSA) is 82.3 Å². The summed E-state index contributed by atoms with van der Waals surface area (Å²) in [6, 6.07) is 2.74. The van der Waals surface area contributed by atoms with Crippen LogP contribution in [0.15, 0.2) is 30.6 Å². The minimum Gasteiger partial charge on any atom is -0.493 e. The van der Waals surface area contributed by atoms with Crippen LogP contribution >= 0.6 is 0 Å². The van der Waals surface area contributed by atoms with Crippen LogP contribution < -0.4 is 20.3 Å². The molecule has 1 aliphatic heterocycles. The molecule has 0 saturated carbocycles. The van der Waals surface area contributed by atoms with E-state index in [0.29, 0.717) is 10.9 Å². The Labute approximate surface area is 161 Å². The number of benzene rings is 1. The number of methoxy groups -OCH3 is 1. The maximum Gasteiger partial charge on any atom is 0.323 e. The number of anilines is 3. The number of pyridine rings is 1. The van der Waals surface area contributed by atoms with Crippen LogP contribution in [0.1, 0.15) is 0 Å². The number of rotatable bonds is 4. The predicted molar refractivity (Wildman–Crippen MR) is 98.8 cm³/mol. The van der Waals surface area contributed by atoms with Crippen molar-refractivity contribution in [3.8, 4) is 5.75 Å². The molecule has 0 unspecified atom stereocenters. The van der Waals surface area contributed by atoms with Crippen LogP contribution in [0.5, 0.6) is 5.75 Å². The number of nitrogens with zero attached hydrogens (tertiary/aromatic N) is 2. The van der Waals surface area contributed by atoms with Crippen molar-refractivity contribution in [2.24, 2.45) is 0 Å². The highest BCUT2D eigenvalue weighted by Gasteiger charge is 2.45. The van der Waals surface area contributed by atoms with E-state index < -0.39 is 36.7 Å². The van der Waals surface area contributed by atoms with Crippen LogP contribution in [0.3, 0.4) is 0 Å². The number of hydrogen-bond donors (Lipinski definition) is 3. The molecule has 1 aliphatic rings. The van der Waals surface area contributed by atoms with Crippen LogP contribution in [0, 0.1) is 11.6 Å². The van der Waals surface area contributed by atoms with Gasteiger partial charge >= 0.3 is 6.03 Å². The van der Waals surface area contributed by atoms with E-state index in [0.717, 1.165) is 12.1 Å². The van der Waals surface area contributed by atoms with Crippen molar-refractivity contribution in [2.45, 2.75) is 5.92 Å². The minimum absolute atomic E-state index is 0.225. The van der Waals surface area contributed by atoms with Crippen molar-refractivity contribution < 1.29 is 27.1 Å². The van der Waals surface area contributed by atoms with Crippen molar-refractivity contribution in [3.63, 3.8) is 0 Å². The van der Waals surface area contributed by atoms with E-state index >= 15 is 0 Å². The van der Waals surface area contributed by atoms with Crippen LogP contribution in [-0.4, -0.2) is 42.1 Å². The molecule has 0 spiro atoms. The van der Waals surface area contributed by atoms with Gasteiger partial charge in [0.25, 0.3) is 5.92 Å². The second kappa shape index (κ2) is 6.83. The van der Waals surface area contributed by atoms with Gasteiger partial charge in [-0.05, 0) is 6.07 Å². The van der Waals surface area contributed by atoms with Crippen molar-refractivity contribution in [1.29, 1.82) is 0 Å². The molecule has 2 amide bonds. The number of hydrogen-bond acceptors (Lipinski definition) is 4. The second-order valence-electron chi connectivity index (χ2n) is 6.56. The number of amides is 2. The maximum absolute atomic E-state index is 13.5. The summed E-state index contributed by atoms with van der Waals surface area (Å²) < 4.78 is 58.1. The van der Waals surface area contributed by atoms with Crippen molar-refractivity contribution in [2.75, 3.05) is 35.7 Å². The first kappa shape index (κ1) is 18.8. The largest absolute Gasteiger partial charge is 0.493 e. The van der Waals surface area contributed by atoms with Gasteiger partial charge in [0, 0.05) is 23.7 Å². The molecule has 7 nitrogen and oxygen atoms in total. The lowest BCUT2D eigenvalue weighted by Crippen LogP contribution is -2.56. The average molecular weight is 409 g/mol. The number of aromatic nitrogens is 2. The predicted octanol–water partition coefficient (Wildman–Crippen LogP) is 3.95. The fourth-order valence-corrected chi connectivity index (χ4v) is 3.06. The number of carbonyl (C=O) groups excluding carboxylic acids is 1. The van der Waals surface area contributed by atoms with Crippen molar-refractivity contribution in [1.82, 2.24) is 9.97 Å². The van der Waals surface area contributed by atoms with E-state index in [1.54, 1.807) is 0 Å². The van der Waals surface area contributed by atoms with E-state index in [1.807, 2.05) is 0 Å². The molecule has 11 heteroatoms. The summed E-state index contributed by atoms with van der Waals surface area (Å²) in [4.78, 5) is 20.4. The lowest BCUT2D eigenvalue weighted by Gasteiger charge is -2.39. The van der Waals surface area contributed by atoms with Crippen LogP contribution in [0.4, 0.5) is 39.5 Å². The van der Waals surface area contributed by atoms with Crippen LogP contribution in [0.2, 0.25) is 0 Å². The molecule has 0 radical (unpaired) electrons. The molecular formula is C18H15F4N5O2. The number of carbonyl (C=O) groups is 1.